The topological polar surface area (TPSA) is 56.8 Å². The molecule has 0 fully saturated rings. The summed E-state index contributed by atoms with van der Waals surface area (Å²) in [5.41, 5.74) is 0.387. The van der Waals surface area contributed by atoms with Gasteiger partial charge in [-0.3, -0.25) is 4.79 Å². The molecule has 0 saturated heterocycles. The van der Waals surface area contributed by atoms with Gasteiger partial charge in [-0.05, 0) is 36.4 Å². The van der Waals surface area contributed by atoms with Gasteiger partial charge in [0.2, 0.25) is 5.91 Å². The fourth-order valence-electron chi connectivity index (χ4n) is 2.06. The Hall–Kier alpha value is -3.09. The van der Waals surface area contributed by atoms with Crippen molar-refractivity contribution in [1.82, 2.24) is 5.32 Å². The van der Waals surface area contributed by atoms with Crippen molar-refractivity contribution in [1.29, 1.82) is 0 Å². The van der Waals surface area contributed by atoms with E-state index in [2.05, 4.69) is 10.1 Å². The van der Waals surface area contributed by atoms with E-state index in [1.165, 1.54) is 18.2 Å². The van der Waals surface area contributed by atoms with Gasteiger partial charge in [-0.2, -0.15) is 8.78 Å². The fraction of sp³-hybridized carbons (Fsp3) is 0.211. The van der Waals surface area contributed by atoms with Gasteiger partial charge in [0, 0.05) is 11.6 Å². The molecule has 1 N–H and O–H groups in total. The van der Waals surface area contributed by atoms with Crippen LogP contribution >= 0.6 is 0 Å². The van der Waals surface area contributed by atoms with E-state index in [1.54, 1.807) is 49.6 Å². The summed E-state index contributed by atoms with van der Waals surface area (Å²) in [5, 5.41) is 2.64. The number of para-hydroxylation sites is 1. The Morgan fingerprint density at radius 2 is 1.81 bits per heavy atom. The number of benzene rings is 2. The predicted octanol–water partition coefficient (Wildman–Crippen LogP) is 3.51. The number of hydrogen-bond donors (Lipinski definition) is 1. The average molecular weight is 363 g/mol. The Kier molecular flexibility index (Phi) is 7.42. The number of carbonyl (C=O) groups excluding carboxylic acids is 1. The highest BCUT2D eigenvalue weighted by Gasteiger charge is 2.07. The molecule has 0 aliphatic rings. The minimum atomic E-state index is -2.92. The van der Waals surface area contributed by atoms with Crippen molar-refractivity contribution in [2.24, 2.45) is 0 Å². The summed E-state index contributed by atoms with van der Waals surface area (Å²) >= 11 is 0. The normalized spacial score (nSPS) is 10.8. The van der Waals surface area contributed by atoms with Gasteiger partial charge in [-0.25, -0.2) is 0 Å². The summed E-state index contributed by atoms with van der Waals surface area (Å²) in [7, 11) is 1.58. The highest BCUT2D eigenvalue weighted by molar-refractivity contribution is 5.92. The first kappa shape index (κ1) is 19.2. The molecule has 0 heterocycles. The summed E-state index contributed by atoms with van der Waals surface area (Å²) in [6.07, 6.45) is 2.67. The molecule has 0 saturated carbocycles. The summed E-state index contributed by atoms with van der Waals surface area (Å²) < 4.78 is 39.6. The third-order valence-corrected chi connectivity index (χ3v) is 3.28. The number of amides is 1. The molecule has 0 unspecified atom stereocenters. The van der Waals surface area contributed by atoms with Crippen LogP contribution in [0.5, 0.6) is 17.2 Å². The van der Waals surface area contributed by atoms with E-state index in [0.717, 1.165) is 5.75 Å². The molecule has 26 heavy (non-hydrogen) atoms. The molecule has 0 aliphatic heterocycles. The maximum atomic E-state index is 12.3. The van der Waals surface area contributed by atoms with E-state index in [1.807, 2.05) is 0 Å². The van der Waals surface area contributed by atoms with Crippen LogP contribution in [-0.4, -0.2) is 32.8 Å². The van der Waals surface area contributed by atoms with Crippen LogP contribution in [0.3, 0.4) is 0 Å². The number of hydrogen-bond acceptors (Lipinski definition) is 4. The van der Waals surface area contributed by atoms with Crippen molar-refractivity contribution in [2.75, 3.05) is 20.3 Å². The van der Waals surface area contributed by atoms with Crippen LogP contribution in [-0.2, 0) is 4.79 Å². The minimum Gasteiger partial charge on any atom is -0.497 e. The second-order valence-electron chi connectivity index (χ2n) is 5.06. The monoisotopic (exact) mass is 363 g/mol. The minimum absolute atomic E-state index is 0.00869. The van der Waals surface area contributed by atoms with Crippen LogP contribution in [0.15, 0.2) is 54.6 Å². The van der Waals surface area contributed by atoms with Gasteiger partial charge in [0.1, 0.15) is 23.9 Å². The number of nitrogens with one attached hydrogen (secondary N) is 1. The zero-order valence-electron chi connectivity index (χ0n) is 14.2. The Morgan fingerprint density at radius 3 is 2.50 bits per heavy atom. The lowest BCUT2D eigenvalue weighted by molar-refractivity contribution is -0.116. The van der Waals surface area contributed by atoms with Crippen LogP contribution in [0, 0.1) is 0 Å². The first-order valence-electron chi connectivity index (χ1n) is 7.85. The fourth-order valence-corrected chi connectivity index (χ4v) is 2.06. The van der Waals surface area contributed by atoms with Crippen molar-refractivity contribution in [3.05, 3.63) is 60.2 Å². The van der Waals surface area contributed by atoms with Crippen LogP contribution in [0.2, 0.25) is 0 Å². The maximum Gasteiger partial charge on any atom is 0.387 e. The lowest BCUT2D eigenvalue weighted by Gasteiger charge is -2.08. The highest BCUT2D eigenvalue weighted by atomic mass is 19.3. The van der Waals surface area contributed by atoms with E-state index in [4.69, 9.17) is 9.47 Å². The molecule has 7 heteroatoms. The molecule has 0 radical (unpaired) electrons. The second kappa shape index (κ2) is 10.0. The van der Waals surface area contributed by atoms with E-state index in [-0.39, 0.29) is 18.3 Å². The summed E-state index contributed by atoms with van der Waals surface area (Å²) in [6.45, 7) is -2.34. The molecule has 0 spiro atoms. The van der Waals surface area contributed by atoms with Gasteiger partial charge in [-0.1, -0.05) is 18.2 Å². The number of methoxy groups -OCH3 is 1. The smallest absolute Gasteiger partial charge is 0.387 e. The van der Waals surface area contributed by atoms with Gasteiger partial charge >= 0.3 is 6.61 Å². The molecule has 0 aliphatic carbocycles. The third-order valence-electron chi connectivity index (χ3n) is 3.28. The standard InChI is InChI=1S/C19H19F2NO4/c1-24-15-7-9-16(10-8-15)25-13-12-22-18(23)11-6-14-4-2-3-5-17(14)26-19(20)21/h2-11,19H,12-13H2,1H3,(H,22,23)/b11-6+. The maximum absolute atomic E-state index is 12.3. The lowest BCUT2D eigenvalue weighted by atomic mass is 10.2. The Morgan fingerprint density at radius 1 is 1.12 bits per heavy atom. The third kappa shape index (κ3) is 6.43. The zero-order chi connectivity index (χ0) is 18.8. The van der Waals surface area contributed by atoms with E-state index >= 15 is 0 Å². The van der Waals surface area contributed by atoms with Crippen LogP contribution < -0.4 is 19.5 Å². The number of alkyl halides is 2. The Labute approximate surface area is 150 Å². The number of rotatable bonds is 9. The van der Waals surface area contributed by atoms with Crippen LogP contribution in [0.4, 0.5) is 8.78 Å². The SMILES string of the molecule is COc1ccc(OCCNC(=O)/C=C/c2ccccc2OC(F)F)cc1. The van der Waals surface area contributed by atoms with Crippen molar-refractivity contribution in [3.63, 3.8) is 0 Å². The van der Waals surface area contributed by atoms with E-state index < -0.39 is 6.61 Å². The Bertz CT molecular complexity index is 733. The average Bonchev–Trinajstić information content (AvgIpc) is 2.64. The van der Waals surface area contributed by atoms with Gasteiger partial charge < -0.3 is 19.5 Å². The predicted molar refractivity (Wildman–Crippen MR) is 93.6 cm³/mol. The van der Waals surface area contributed by atoms with Gasteiger partial charge in [0.05, 0.1) is 13.7 Å². The molecule has 2 aromatic rings. The van der Waals surface area contributed by atoms with Gasteiger partial charge in [0.15, 0.2) is 0 Å². The molecule has 0 aromatic heterocycles. The summed E-state index contributed by atoms with van der Waals surface area (Å²) in [4.78, 5) is 11.8. The molecule has 5 nitrogen and oxygen atoms in total. The van der Waals surface area contributed by atoms with Crippen molar-refractivity contribution in [3.8, 4) is 17.2 Å². The summed E-state index contributed by atoms with van der Waals surface area (Å²) in [5.74, 6) is 1.03. The molecule has 0 atom stereocenters. The van der Waals surface area contributed by atoms with Crippen molar-refractivity contribution < 1.29 is 27.8 Å². The largest absolute Gasteiger partial charge is 0.497 e. The lowest BCUT2D eigenvalue weighted by Crippen LogP contribution is -2.26. The number of carbonyl (C=O) groups is 1. The Balaban J connectivity index is 1.77. The highest BCUT2D eigenvalue weighted by Crippen LogP contribution is 2.21. The van der Waals surface area contributed by atoms with Crippen LogP contribution in [0.25, 0.3) is 6.08 Å². The summed E-state index contributed by atoms with van der Waals surface area (Å²) in [6, 6.07) is 13.3. The van der Waals surface area contributed by atoms with Crippen LogP contribution in [0.1, 0.15) is 5.56 Å². The molecular weight excluding hydrogens is 344 g/mol. The quantitative estimate of drug-likeness (QED) is 0.547. The number of halogens is 2. The molecular formula is C19H19F2NO4. The first-order chi connectivity index (χ1) is 12.6. The van der Waals surface area contributed by atoms with Gasteiger partial charge in [0.25, 0.3) is 0 Å². The van der Waals surface area contributed by atoms with E-state index in [0.29, 0.717) is 17.9 Å². The van der Waals surface area contributed by atoms with Crippen molar-refractivity contribution in [2.45, 2.75) is 6.61 Å². The molecule has 0 bridgehead atoms. The molecule has 2 rings (SSSR count). The zero-order valence-corrected chi connectivity index (χ0v) is 14.2. The first-order valence-corrected chi connectivity index (χ1v) is 7.85. The molecule has 2 aromatic carbocycles. The molecule has 138 valence electrons. The van der Waals surface area contributed by atoms with Gasteiger partial charge in [-0.15, -0.1) is 0 Å². The van der Waals surface area contributed by atoms with E-state index in [9.17, 15) is 13.6 Å². The van der Waals surface area contributed by atoms with Crippen molar-refractivity contribution >= 4 is 12.0 Å². The second-order valence-corrected chi connectivity index (χ2v) is 5.06. The number of ether oxygens (including phenoxy) is 3. The molecule has 1 amide bonds.